The average Bonchev–Trinajstić information content (AvgIpc) is 2.25. The van der Waals surface area contributed by atoms with Gasteiger partial charge in [-0.15, -0.1) is 0 Å². The molecule has 0 aromatic rings. The van der Waals surface area contributed by atoms with E-state index < -0.39 is 5.97 Å². The lowest BCUT2D eigenvalue weighted by molar-refractivity contribution is -0.146. The van der Waals surface area contributed by atoms with Gasteiger partial charge in [-0.2, -0.15) is 11.8 Å². The molecule has 2 heterocycles. The van der Waals surface area contributed by atoms with Crippen molar-refractivity contribution in [1.29, 1.82) is 0 Å². The van der Waals surface area contributed by atoms with Gasteiger partial charge in [-0.25, -0.2) is 4.79 Å². The number of nitrogens with one attached hydrogen (secondary N) is 1. The normalized spacial score (nSPS) is 22.0. The van der Waals surface area contributed by atoms with Crippen molar-refractivity contribution >= 4 is 23.8 Å². The first-order valence-corrected chi connectivity index (χ1v) is 7.15. The number of carbonyl (C=O) groups excluding carboxylic acids is 1. The SMILES string of the molecule is O=C(O)C1CN(C(=O)NCC2CCSCC2)C1. The molecule has 2 amide bonds. The Kier molecular flexibility index (Phi) is 4.15. The first-order chi connectivity index (χ1) is 8.16. The van der Waals surface area contributed by atoms with Crippen LogP contribution >= 0.6 is 11.8 Å². The number of rotatable bonds is 3. The number of aliphatic carboxylic acids is 1. The fourth-order valence-corrected chi connectivity index (χ4v) is 3.30. The summed E-state index contributed by atoms with van der Waals surface area (Å²) in [7, 11) is 0. The van der Waals surface area contributed by atoms with Crippen molar-refractivity contribution in [3.05, 3.63) is 0 Å². The Morgan fingerprint density at radius 1 is 1.29 bits per heavy atom. The molecule has 0 spiro atoms. The van der Waals surface area contributed by atoms with Crippen molar-refractivity contribution in [1.82, 2.24) is 10.2 Å². The monoisotopic (exact) mass is 258 g/mol. The number of carboxylic acids is 1. The van der Waals surface area contributed by atoms with E-state index in [-0.39, 0.29) is 11.9 Å². The Balaban J connectivity index is 1.63. The van der Waals surface area contributed by atoms with Gasteiger partial charge in [-0.1, -0.05) is 0 Å². The lowest BCUT2D eigenvalue weighted by Crippen LogP contribution is -2.56. The summed E-state index contributed by atoms with van der Waals surface area (Å²) in [6, 6.07) is -0.110. The molecule has 0 aromatic carbocycles. The van der Waals surface area contributed by atoms with Crippen LogP contribution in [0.2, 0.25) is 0 Å². The maximum atomic E-state index is 11.7. The quantitative estimate of drug-likeness (QED) is 0.787. The van der Waals surface area contributed by atoms with Gasteiger partial charge in [-0.05, 0) is 30.3 Å². The van der Waals surface area contributed by atoms with Gasteiger partial charge in [0, 0.05) is 19.6 Å². The van der Waals surface area contributed by atoms with Crippen molar-refractivity contribution in [2.45, 2.75) is 12.8 Å². The van der Waals surface area contributed by atoms with E-state index in [0.717, 1.165) is 6.54 Å². The van der Waals surface area contributed by atoms with E-state index in [1.54, 1.807) is 4.90 Å². The van der Waals surface area contributed by atoms with Crippen molar-refractivity contribution in [3.8, 4) is 0 Å². The summed E-state index contributed by atoms with van der Waals surface area (Å²) in [6.07, 6.45) is 2.34. The molecule has 2 rings (SSSR count). The third kappa shape index (κ3) is 3.28. The van der Waals surface area contributed by atoms with Gasteiger partial charge in [0.15, 0.2) is 0 Å². The summed E-state index contributed by atoms with van der Waals surface area (Å²) in [5.41, 5.74) is 0. The fourth-order valence-electron chi connectivity index (χ4n) is 2.09. The molecular formula is C11H18N2O3S. The van der Waals surface area contributed by atoms with Gasteiger partial charge in [-0.3, -0.25) is 4.79 Å². The highest BCUT2D eigenvalue weighted by molar-refractivity contribution is 7.99. The van der Waals surface area contributed by atoms with Gasteiger partial charge >= 0.3 is 12.0 Å². The van der Waals surface area contributed by atoms with E-state index >= 15 is 0 Å². The molecule has 2 fully saturated rings. The van der Waals surface area contributed by atoms with E-state index in [4.69, 9.17) is 5.11 Å². The molecule has 0 aliphatic carbocycles. The van der Waals surface area contributed by atoms with Crippen molar-refractivity contribution < 1.29 is 14.7 Å². The zero-order valence-corrected chi connectivity index (χ0v) is 10.5. The number of amides is 2. The van der Waals surface area contributed by atoms with Gasteiger partial charge < -0.3 is 15.3 Å². The van der Waals surface area contributed by atoms with E-state index in [0.29, 0.717) is 19.0 Å². The van der Waals surface area contributed by atoms with Crippen LogP contribution in [0.4, 0.5) is 4.79 Å². The summed E-state index contributed by atoms with van der Waals surface area (Å²) in [6.45, 7) is 1.43. The van der Waals surface area contributed by atoms with Crippen LogP contribution < -0.4 is 5.32 Å². The highest BCUT2D eigenvalue weighted by atomic mass is 32.2. The molecular weight excluding hydrogens is 240 g/mol. The highest BCUT2D eigenvalue weighted by Crippen LogP contribution is 2.22. The minimum absolute atomic E-state index is 0.110. The number of urea groups is 1. The summed E-state index contributed by atoms with van der Waals surface area (Å²) in [5, 5.41) is 11.6. The Morgan fingerprint density at radius 3 is 2.53 bits per heavy atom. The number of hydrogen-bond donors (Lipinski definition) is 2. The zero-order chi connectivity index (χ0) is 12.3. The van der Waals surface area contributed by atoms with Gasteiger partial charge in [0.05, 0.1) is 5.92 Å². The molecule has 5 nitrogen and oxygen atoms in total. The minimum Gasteiger partial charge on any atom is -0.481 e. The van der Waals surface area contributed by atoms with Crippen LogP contribution in [-0.4, -0.2) is 53.1 Å². The minimum atomic E-state index is -0.807. The van der Waals surface area contributed by atoms with E-state index in [1.165, 1.54) is 24.3 Å². The maximum Gasteiger partial charge on any atom is 0.317 e. The van der Waals surface area contributed by atoms with Crippen molar-refractivity contribution in [2.24, 2.45) is 11.8 Å². The molecule has 6 heteroatoms. The van der Waals surface area contributed by atoms with Gasteiger partial charge in [0.1, 0.15) is 0 Å². The van der Waals surface area contributed by atoms with E-state index in [2.05, 4.69) is 5.32 Å². The Morgan fingerprint density at radius 2 is 1.94 bits per heavy atom. The highest BCUT2D eigenvalue weighted by Gasteiger charge is 2.35. The van der Waals surface area contributed by atoms with E-state index in [1.807, 2.05) is 11.8 Å². The maximum absolute atomic E-state index is 11.7. The third-order valence-electron chi connectivity index (χ3n) is 3.40. The van der Waals surface area contributed by atoms with Crippen LogP contribution in [0.5, 0.6) is 0 Å². The average molecular weight is 258 g/mol. The summed E-state index contributed by atoms with van der Waals surface area (Å²) in [5.74, 6) is 1.79. The van der Waals surface area contributed by atoms with Crippen LogP contribution in [-0.2, 0) is 4.79 Å². The number of carboxylic acid groups (broad SMARTS) is 1. The van der Waals surface area contributed by atoms with Crippen LogP contribution in [0.25, 0.3) is 0 Å². The molecule has 2 saturated heterocycles. The summed E-state index contributed by atoms with van der Waals surface area (Å²) >= 11 is 1.97. The molecule has 96 valence electrons. The second-order valence-corrected chi connectivity index (χ2v) is 5.91. The largest absolute Gasteiger partial charge is 0.481 e. The molecule has 2 aliphatic heterocycles. The molecule has 0 unspecified atom stereocenters. The first kappa shape index (κ1) is 12.5. The van der Waals surface area contributed by atoms with Crippen LogP contribution in [0.1, 0.15) is 12.8 Å². The van der Waals surface area contributed by atoms with Gasteiger partial charge in [0.2, 0.25) is 0 Å². The Bertz CT molecular complexity index is 299. The zero-order valence-electron chi connectivity index (χ0n) is 9.72. The second kappa shape index (κ2) is 5.62. The summed E-state index contributed by atoms with van der Waals surface area (Å²) < 4.78 is 0. The number of carbonyl (C=O) groups is 2. The van der Waals surface area contributed by atoms with Crippen molar-refractivity contribution in [2.75, 3.05) is 31.1 Å². The molecule has 0 saturated carbocycles. The van der Waals surface area contributed by atoms with Crippen molar-refractivity contribution in [3.63, 3.8) is 0 Å². The molecule has 0 atom stereocenters. The molecule has 0 radical (unpaired) electrons. The van der Waals surface area contributed by atoms with Crippen LogP contribution in [0.15, 0.2) is 0 Å². The number of nitrogens with zero attached hydrogens (tertiary/aromatic N) is 1. The molecule has 17 heavy (non-hydrogen) atoms. The summed E-state index contributed by atoms with van der Waals surface area (Å²) in [4.78, 5) is 23.8. The van der Waals surface area contributed by atoms with Crippen LogP contribution in [0.3, 0.4) is 0 Å². The standard InChI is InChI=1S/C11H18N2O3S/c14-10(15)9-6-13(7-9)11(16)12-5-8-1-3-17-4-2-8/h8-9H,1-7H2,(H,12,16)(H,14,15). The smallest absolute Gasteiger partial charge is 0.317 e. The number of hydrogen-bond acceptors (Lipinski definition) is 3. The number of thioether (sulfide) groups is 1. The molecule has 2 N–H and O–H groups in total. The Hall–Kier alpha value is -0.910. The first-order valence-electron chi connectivity index (χ1n) is 6.00. The molecule has 2 aliphatic rings. The molecule has 0 aromatic heterocycles. The Labute approximate surface area is 105 Å². The predicted molar refractivity (Wildman–Crippen MR) is 66.1 cm³/mol. The topological polar surface area (TPSA) is 69.6 Å². The molecule has 0 bridgehead atoms. The van der Waals surface area contributed by atoms with Gasteiger partial charge in [0.25, 0.3) is 0 Å². The fraction of sp³-hybridized carbons (Fsp3) is 0.818. The lowest BCUT2D eigenvalue weighted by atomic mass is 10.0. The number of likely N-dealkylation sites (tertiary alicyclic amines) is 1. The third-order valence-corrected chi connectivity index (χ3v) is 4.45. The van der Waals surface area contributed by atoms with Crippen LogP contribution in [0, 0.1) is 11.8 Å². The second-order valence-electron chi connectivity index (χ2n) is 4.68. The predicted octanol–water partition coefficient (Wildman–Crippen LogP) is 0.856. The lowest BCUT2D eigenvalue weighted by Gasteiger charge is -2.37. The van der Waals surface area contributed by atoms with E-state index in [9.17, 15) is 9.59 Å².